The molecule has 1 unspecified atom stereocenters. The van der Waals surface area contributed by atoms with E-state index in [-0.39, 0.29) is 17.6 Å². The molecule has 1 atom stereocenters. The lowest BCUT2D eigenvalue weighted by molar-refractivity contribution is -0.115. The molecule has 10 nitrogen and oxygen atoms in total. The van der Waals surface area contributed by atoms with Crippen LogP contribution in [0.5, 0.6) is 0 Å². The van der Waals surface area contributed by atoms with Crippen molar-refractivity contribution in [2.75, 3.05) is 48.8 Å². The number of hydrogen-bond donors (Lipinski definition) is 2. The predicted molar refractivity (Wildman–Crippen MR) is 173 cm³/mol. The van der Waals surface area contributed by atoms with E-state index in [0.29, 0.717) is 34.7 Å². The Morgan fingerprint density at radius 1 is 0.977 bits per heavy atom. The average Bonchev–Trinajstić information content (AvgIpc) is 3.58. The van der Waals surface area contributed by atoms with E-state index in [0.717, 1.165) is 43.1 Å². The molecule has 1 saturated heterocycles. The number of amides is 2. The minimum atomic E-state index is -0.540. The monoisotopic (exact) mass is 589 g/mol. The van der Waals surface area contributed by atoms with Crippen LogP contribution in [-0.4, -0.2) is 71.7 Å². The highest BCUT2D eigenvalue weighted by Gasteiger charge is 2.30. The second-order valence-electron chi connectivity index (χ2n) is 11.2. The molecule has 44 heavy (non-hydrogen) atoms. The van der Waals surface area contributed by atoms with Gasteiger partial charge in [-0.05, 0) is 87.1 Å². The third-order valence-corrected chi connectivity index (χ3v) is 8.12. The average molecular weight is 590 g/mol. The van der Waals surface area contributed by atoms with Gasteiger partial charge in [-0.1, -0.05) is 12.1 Å². The molecule has 0 aliphatic carbocycles. The van der Waals surface area contributed by atoms with Crippen LogP contribution in [0.15, 0.2) is 77.8 Å². The molecule has 2 aliphatic heterocycles. The molecule has 0 spiro atoms. The topological polar surface area (TPSA) is 112 Å². The Kier molecular flexibility index (Phi) is 8.08. The van der Waals surface area contributed by atoms with Crippen LogP contribution in [0.25, 0.3) is 0 Å². The summed E-state index contributed by atoms with van der Waals surface area (Å²) in [5, 5.41) is 10.1. The van der Waals surface area contributed by atoms with Crippen LogP contribution in [0.2, 0.25) is 0 Å². The molecule has 2 N–H and O–H groups in total. The van der Waals surface area contributed by atoms with Crippen LogP contribution in [0.1, 0.15) is 50.5 Å². The number of nitrogens with zero attached hydrogens (tertiary/aromatic N) is 5. The summed E-state index contributed by atoms with van der Waals surface area (Å²) in [7, 11) is 2.14. The van der Waals surface area contributed by atoms with Crippen molar-refractivity contribution in [2.24, 2.45) is 4.99 Å². The number of carbonyl (C=O) groups excluding carboxylic acids is 3. The number of anilines is 3. The zero-order valence-electron chi connectivity index (χ0n) is 25.1. The van der Waals surface area contributed by atoms with Crippen molar-refractivity contribution in [1.82, 2.24) is 14.7 Å². The van der Waals surface area contributed by atoms with E-state index in [1.165, 1.54) is 5.69 Å². The molecule has 2 aliphatic rings. The van der Waals surface area contributed by atoms with Crippen LogP contribution in [0, 0.1) is 6.92 Å². The molecule has 1 fully saturated rings. The maximum Gasteiger partial charge on any atom is 0.273 e. The van der Waals surface area contributed by atoms with Crippen molar-refractivity contribution in [2.45, 2.75) is 26.3 Å². The number of aryl methyl sites for hydroxylation is 2. The smallest absolute Gasteiger partial charge is 0.273 e. The van der Waals surface area contributed by atoms with Crippen LogP contribution < -0.4 is 15.5 Å². The predicted octanol–water partition coefficient (Wildman–Crippen LogP) is 4.88. The molecular weight excluding hydrogens is 554 g/mol. The van der Waals surface area contributed by atoms with E-state index < -0.39 is 5.92 Å². The zero-order chi connectivity index (χ0) is 30.8. The standard InChI is InChI=1S/C34H35N7O3/c1-4-41-31(19-22(2)38-41)34(44)36-26-8-5-23(6-9-26)32(42)24-7-14-28-29(33(43)37-30(28)20-24)21-35-25-10-12-27(13-11-25)40-17-15-39(3)16-18-40/h5-14,19-21,29H,4,15-18H2,1-3H3,(H,36,44)(H,37,43). The first-order chi connectivity index (χ1) is 21.3. The first-order valence-corrected chi connectivity index (χ1v) is 14.8. The van der Waals surface area contributed by atoms with Crippen molar-refractivity contribution in [3.8, 4) is 0 Å². The van der Waals surface area contributed by atoms with Crippen LogP contribution >= 0.6 is 0 Å². The molecule has 224 valence electrons. The number of nitrogens with one attached hydrogen (secondary N) is 2. The van der Waals surface area contributed by atoms with Gasteiger partial charge in [-0.3, -0.25) is 24.1 Å². The van der Waals surface area contributed by atoms with E-state index in [2.05, 4.69) is 49.7 Å². The Morgan fingerprint density at radius 2 is 1.68 bits per heavy atom. The van der Waals surface area contributed by atoms with Crippen molar-refractivity contribution in [1.29, 1.82) is 0 Å². The van der Waals surface area contributed by atoms with E-state index in [1.54, 1.807) is 59.4 Å². The fourth-order valence-corrected chi connectivity index (χ4v) is 5.59. The van der Waals surface area contributed by atoms with E-state index >= 15 is 0 Å². The number of ketones is 1. The van der Waals surface area contributed by atoms with Crippen molar-refractivity contribution in [3.63, 3.8) is 0 Å². The summed E-state index contributed by atoms with van der Waals surface area (Å²) < 4.78 is 1.65. The minimum Gasteiger partial charge on any atom is -0.369 e. The van der Waals surface area contributed by atoms with Gasteiger partial charge in [-0.15, -0.1) is 0 Å². The number of benzene rings is 3. The van der Waals surface area contributed by atoms with Gasteiger partial charge in [0.25, 0.3) is 5.91 Å². The maximum atomic E-state index is 13.3. The second kappa shape index (κ2) is 12.3. The summed E-state index contributed by atoms with van der Waals surface area (Å²) in [6.07, 6.45) is 1.66. The van der Waals surface area contributed by atoms with Crippen LogP contribution in [0.4, 0.5) is 22.7 Å². The van der Waals surface area contributed by atoms with Crippen LogP contribution in [-0.2, 0) is 11.3 Å². The lowest BCUT2D eigenvalue weighted by atomic mass is 9.97. The third-order valence-electron chi connectivity index (χ3n) is 8.12. The zero-order valence-corrected chi connectivity index (χ0v) is 25.1. The van der Waals surface area contributed by atoms with Gasteiger partial charge >= 0.3 is 0 Å². The highest BCUT2D eigenvalue weighted by atomic mass is 16.2. The number of aromatic nitrogens is 2. The molecule has 0 bridgehead atoms. The Morgan fingerprint density at radius 3 is 2.39 bits per heavy atom. The lowest BCUT2D eigenvalue weighted by Crippen LogP contribution is -2.44. The van der Waals surface area contributed by atoms with Crippen molar-refractivity contribution in [3.05, 3.63) is 101 Å². The number of hydrogen-bond acceptors (Lipinski definition) is 7. The third kappa shape index (κ3) is 6.02. The Balaban J connectivity index is 1.11. The molecule has 1 aromatic heterocycles. The lowest BCUT2D eigenvalue weighted by Gasteiger charge is -2.34. The van der Waals surface area contributed by atoms with Crippen molar-refractivity contribution >= 4 is 46.6 Å². The molecule has 2 amide bonds. The summed E-state index contributed by atoms with van der Waals surface area (Å²) in [5.41, 5.74) is 6.10. The van der Waals surface area contributed by atoms with Gasteiger partial charge in [0.05, 0.1) is 11.4 Å². The molecule has 6 rings (SSSR count). The largest absolute Gasteiger partial charge is 0.369 e. The second-order valence-corrected chi connectivity index (χ2v) is 11.2. The van der Waals surface area contributed by atoms with E-state index in [4.69, 9.17) is 0 Å². The summed E-state index contributed by atoms with van der Waals surface area (Å²) in [6, 6.07) is 21.8. The Labute approximate surface area is 256 Å². The van der Waals surface area contributed by atoms with Gasteiger partial charge in [-0.2, -0.15) is 5.10 Å². The van der Waals surface area contributed by atoms with Gasteiger partial charge in [0.1, 0.15) is 11.6 Å². The normalized spacial score (nSPS) is 16.7. The first-order valence-electron chi connectivity index (χ1n) is 14.8. The maximum absolute atomic E-state index is 13.3. The van der Waals surface area contributed by atoms with E-state index in [1.807, 2.05) is 26.0 Å². The molecule has 0 radical (unpaired) electrons. The van der Waals surface area contributed by atoms with Gasteiger partial charge in [0, 0.05) is 67.1 Å². The van der Waals surface area contributed by atoms with Gasteiger partial charge < -0.3 is 20.4 Å². The molecule has 0 saturated carbocycles. The highest BCUT2D eigenvalue weighted by Crippen LogP contribution is 2.33. The molecule has 3 aromatic carbocycles. The fraction of sp³-hybridized carbons (Fsp3) is 0.265. The quantitative estimate of drug-likeness (QED) is 0.224. The van der Waals surface area contributed by atoms with Gasteiger partial charge in [0.2, 0.25) is 5.91 Å². The fourth-order valence-electron chi connectivity index (χ4n) is 5.59. The van der Waals surface area contributed by atoms with Gasteiger partial charge in [-0.25, -0.2) is 0 Å². The van der Waals surface area contributed by atoms with Gasteiger partial charge in [0.15, 0.2) is 5.78 Å². The van der Waals surface area contributed by atoms with Crippen molar-refractivity contribution < 1.29 is 14.4 Å². The number of rotatable bonds is 8. The summed E-state index contributed by atoms with van der Waals surface area (Å²) >= 11 is 0. The summed E-state index contributed by atoms with van der Waals surface area (Å²) in [6.45, 7) is 8.44. The minimum absolute atomic E-state index is 0.179. The highest BCUT2D eigenvalue weighted by molar-refractivity contribution is 6.15. The molecule has 10 heteroatoms. The summed E-state index contributed by atoms with van der Waals surface area (Å²) in [4.78, 5) is 48.1. The number of carbonyl (C=O) groups is 3. The molecular formula is C34H35N7O3. The Bertz CT molecular complexity index is 1730. The Hall–Kier alpha value is -5.09. The first kappa shape index (κ1) is 29.0. The number of fused-ring (bicyclic) bond motifs is 1. The molecule has 4 aromatic rings. The van der Waals surface area contributed by atoms with E-state index in [9.17, 15) is 14.4 Å². The number of piperazine rings is 1. The van der Waals surface area contributed by atoms with Crippen LogP contribution in [0.3, 0.4) is 0 Å². The SMILES string of the molecule is CCn1nc(C)cc1C(=O)Nc1ccc(C(=O)c2ccc3c(c2)NC(=O)C3C=Nc2ccc(N3CCN(C)CC3)cc2)cc1. The molecule has 3 heterocycles. The number of likely N-dealkylation sites (N-methyl/N-ethyl adjacent to an activating group) is 1. The number of aliphatic imine (C=N–C) groups is 1. The summed E-state index contributed by atoms with van der Waals surface area (Å²) in [5.74, 6) is -1.16.